The van der Waals surface area contributed by atoms with Crippen molar-refractivity contribution in [1.82, 2.24) is 4.98 Å². The second kappa shape index (κ2) is 6.46. The summed E-state index contributed by atoms with van der Waals surface area (Å²) in [5, 5.41) is 0. The molecule has 112 valence electrons. The molecule has 0 aliphatic rings. The van der Waals surface area contributed by atoms with Gasteiger partial charge in [0.15, 0.2) is 17.3 Å². The SMILES string of the molecule is Cc1nc(C(=O)OCc2ccccc2)c(-c2ccc(Br)s2)o1. The lowest BCUT2D eigenvalue weighted by atomic mass is 10.2. The molecule has 0 unspecified atom stereocenters. The number of hydrogen-bond donors (Lipinski definition) is 0. The molecule has 22 heavy (non-hydrogen) atoms. The number of hydrogen-bond acceptors (Lipinski definition) is 5. The van der Waals surface area contributed by atoms with Crippen LogP contribution in [-0.4, -0.2) is 11.0 Å². The van der Waals surface area contributed by atoms with Crippen molar-refractivity contribution in [2.45, 2.75) is 13.5 Å². The summed E-state index contributed by atoms with van der Waals surface area (Å²) in [5.74, 6) is 0.401. The number of nitrogens with zero attached hydrogens (tertiary/aromatic N) is 1. The Hall–Kier alpha value is -1.92. The molecule has 0 radical (unpaired) electrons. The van der Waals surface area contributed by atoms with Crippen LogP contribution < -0.4 is 0 Å². The van der Waals surface area contributed by atoms with Gasteiger partial charge in [0.1, 0.15) is 6.61 Å². The second-order valence-electron chi connectivity index (χ2n) is 4.58. The van der Waals surface area contributed by atoms with Crippen molar-refractivity contribution in [2.24, 2.45) is 0 Å². The van der Waals surface area contributed by atoms with Gasteiger partial charge < -0.3 is 9.15 Å². The summed E-state index contributed by atoms with van der Waals surface area (Å²) in [5.41, 5.74) is 1.14. The molecule has 1 aromatic carbocycles. The Morgan fingerprint density at radius 2 is 2.05 bits per heavy atom. The number of oxazole rings is 1. The normalized spacial score (nSPS) is 10.6. The lowest BCUT2D eigenvalue weighted by Gasteiger charge is -2.03. The monoisotopic (exact) mass is 377 g/mol. The van der Waals surface area contributed by atoms with Crippen LogP contribution in [0.3, 0.4) is 0 Å². The summed E-state index contributed by atoms with van der Waals surface area (Å²) in [6.45, 7) is 1.92. The van der Waals surface area contributed by atoms with Crippen molar-refractivity contribution >= 4 is 33.2 Å². The first kappa shape index (κ1) is 15.0. The fourth-order valence-corrected chi connectivity index (χ4v) is 3.33. The Kier molecular flexibility index (Phi) is 4.40. The minimum atomic E-state index is -0.486. The number of carbonyl (C=O) groups is 1. The molecule has 0 aliphatic carbocycles. The highest BCUT2D eigenvalue weighted by atomic mass is 79.9. The van der Waals surface area contributed by atoms with Gasteiger partial charge >= 0.3 is 5.97 Å². The first-order valence-electron chi connectivity index (χ1n) is 6.57. The number of carbonyl (C=O) groups excluding carboxylic acids is 1. The third kappa shape index (κ3) is 3.28. The second-order valence-corrected chi connectivity index (χ2v) is 7.04. The van der Waals surface area contributed by atoms with Crippen molar-refractivity contribution in [3.63, 3.8) is 0 Å². The van der Waals surface area contributed by atoms with E-state index < -0.39 is 5.97 Å². The maximum absolute atomic E-state index is 12.3. The van der Waals surface area contributed by atoms with Gasteiger partial charge in [0.25, 0.3) is 0 Å². The molecule has 0 saturated carbocycles. The standard InChI is InChI=1S/C16H12BrNO3S/c1-10-18-14(15(21-10)12-7-8-13(17)22-12)16(19)20-9-11-5-3-2-4-6-11/h2-8H,9H2,1H3. The van der Waals surface area contributed by atoms with Crippen molar-refractivity contribution in [3.8, 4) is 10.6 Å². The predicted octanol–water partition coefficient (Wildman–Crippen LogP) is 4.83. The Morgan fingerprint density at radius 1 is 1.27 bits per heavy atom. The zero-order chi connectivity index (χ0) is 15.5. The van der Waals surface area contributed by atoms with Gasteiger partial charge in [-0.1, -0.05) is 30.3 Å². The molecule has 3 rings (SSSR count). The molecule has 0 fully saturated rings. The van der Waals surface area contributed by atoms with Crippen molar-refractivity contribution in [3.05, 3.63) is 63.4 Å². The molecule has 0 atom stereocenters. The molecule has 0 bridgehead atoms. The minimum Gasteiger partial charge on any atom is -0.456 e. The van der Waals surface area contributed by atoms with Crippen LogP contribution in [-0.2, 0) is 11.3 Å². The first-order valence-corrected chi connectivity index (χ1v) is 8.18. The highest BCUT2D eigenvalue weighted by Crippen LogP contribution is 2.34. The summed E-state index contributed by atoms with van der Waals surface area (Å²) in [6.07, 6.45) is 0. The van der Waals surface area contributed by atoms with E-state index in [-0.39, 0.29) is 12.3 Å². The lowest BCUT2D eigenvalue weighted by molar-refractivity contribution is 0.0467. The summed E-state index contributed by atoms with van der Waals surface area (Å²) in [4.78, 5) is 17.3. The van der Waals surface area contributed by atoms with Crippen LogP contribution in [0.25, 0.3) is 10.6 Å². The van der Waals surface area contributed by atoms with Crippen LogP contribution in [0.1, 0.15) is 21.9 Å². The molecule has 0 amide bonds. The van der Waals surface area contributed by atoms with Crippen molar-refractivity contribution < 1.29 is 13.9 Å². The quantitative estimate of drug-likeness (QED) is 0.610. The highest BCUT2D eigenvalue weighted by Gasteiger charge is 2.22. The fourth-order valence-electron chi connectivity index (χ4n) is 1.96. The smallest absolute Gasteiger partial charge is 0.361 e. The molecule has 0 N–H and O–H groups in total. The molecule has 2 aromatic heterocycles. The van der Waals surface area contributed by atoms with Crippen LogP contribution >= 0.6 is 27.3 Å². The summed E-state index contributed by atoms with van der Waals surface area (Å²) < 4.78 is 11.9. The van der Waals surface area contributed by atoms with E-state index in [2.05, 4.69) is 20.9 Å². The largest absolute Gasteiger partial charge is 0.456 e. The Balaban J connectivity index is 1.81. The molecule has 2 heterocycles. The van der Waals surface area contributed by atoms with Gasteiger partial charge in [0.2, 0.25) is 0 Å². The number of benzene rings is 1. The van der Waals surface area contributed by atoms with Gasteiger partial charge in [0, 0.05) is 6.92 Å². The van der Waals surface area contributed by atoms with E-state index in [9.17, 15) is 4.79 Å². The average Bonchev–Trinajstić information content (AvgIpc) is 3.11. The van der Waals surface area contributed by atoms with E-state index in [0.717, 1.165) is 14.2 Å². The summed E-state index contributed by atoms with van der Waals surface area (Å²) >= 11 is 4.87. The third-order valence-electron chi connectivity index (χ3n) is 2.94. The Bertz CT molecular complexity index is 795. The number of aromatic nitrogens is 1. The van der Waals surface area contributed by atoms with E-state index >= 15 is 0 Å². The van der Waals surface area contributed by atoms with Crippen LogP contribution in [0.2, 0.25) is 0 Å². The Labute approximate surface area is 139 Å². The minimum absolute atomic E-state index is 0.207. The molecule has 0 spiro atoms. The third-order valence-corrected chi connectivity index (χ3v) is 4.56. The van der Waals surface area contributed by atoms with Crippen LogP contribution in [0, 0.1) is 6.92 Å². The van der Waals surface area contributed by atoms with Crippen molar-refractivity contribution in [1.29, 1.82) is 0 Å². The molecule has 3 aromatic rings. The number of aryl methyl sites for hydroxylation is 1. The van der Waals surface area contributed by atoms with E-state index in [1.54, 1.807) is 6.92 Å². The first-order chi connectivity index (χ1) is 10.6. The number of ether oxygens (including phenoxy) is 1. The number of rotatable bonds is 4. The molecule has 0 saturated heterocycles. The van der Waals surface area contributed by atoms with Crippen LogP contribution in [0.4, 0.5) is 0 Å². The van der Waals surface area contributed by atoms with Gasteiger partial charge in [-0.3, -0.25) is 0 Å². The number of esters is 1. The topological polar surface area (TPSA) is 52.3 Å². The molecular formula is C16H12BrNO3S. The maximum atomic E-state index is 12.3. The van der Waals surface area contributed by atoms with Crippen molar-refractivity contribution in [2.75, 3.05) is 0 Å². The van der Waals surface area contributed by atoms with Gasteiger partial charge in [-0.05, 0) is 33.6 Å². The average molecular weight is 378 g/mol. The number of halogens is 1. The van der Waals surface area contributed by atoms with E-state index in [0.29, 0.717) is 11.7 Å². The number of thiophene rings is 1. The molecule has 0 aliphatic heterocycles. The van der Waals surface area contributed by atoms with Gasteiger partial charge in [-0.25, -0.2) is 9.78 Å². The highest BCUT2D eigenvalue weighted by molar-refractivity contribution is 9.11. The van der Waals surface area contributed by atoms with E-state index in [1.807, 2.05) is 42.5 Å². The van der Waals surface area contributed by atoms with Crippen LogP contribution in [0.15, 0.2) is 50.7 Å². The molecule has 4 nitrogen and oxygen atoms in total. The van der Waals surface area contributed by atoms with E-state index in [1.165, 1.54) is 11.3 Å². The van der Waals surface area contributed by atoms with Gasteiger partial charge in [-0.2, -0.15) is 0 Å². The molecule has 6 heteroatoms. The lowest BCUT2D eigenvalue weighted by Crippen LogP contribution is -2.07. The van der Waals surface area contributed by atoms with Crippen LogP contribution in [0.5, 0.6) is 0 Å². The summed E-state index contributed by atoms with van der Waals surface area (Å²) in [7, 11) is 0. The Morgan fingerprint density at radius 3 is 2.73 bits per heavy atom. The zero-order valence-electron chi connectivity index (χ0n) is 11.7. The maximum Gasteiger partial charge on any atom is 0.361 e. The van der Waals surface area contributed by atoms with Gasteiger partial charge in [0.05, 0.1) is 8.66 Å². The van der Waals surface area contributed by atoms with Gasteiger partial charge in [-0.15, -0.1) is 11.3 Å². The zero-order valence-corrected chi connectivity index (χ0v) is 14.1. The predicted molar refractivity (Wildman–Crippen MR) is 87.8 cm³/mol. The molecular weight excluding hydrogens is 366 g/mol. The van der Waals surface area contributed by atoms with E-state index in [4.69, 9.17) is 9.15 Å². The summed E-state index contributed by atoms with van der Waals surface area (Å²) in [6, 6.07) is 13.3. The fraction of sp³-hybridized carbons (Fsp3) is 0.125.